The second-order valence-corrected chi connectivity index (χ2v) is 7.85. The van der Waals surface area contributed by atoms with Gasteiger partial charge in [0.1, 0.15) is 6.54 Å². The van der Waals surface area contributed by atoms with E-state index in [1.165, 1.54) is 9.80 Å². The Kier molecular flexibility index (Phi) is 6.73. The maximum atomic E-state index is 12.7. The van der Waals surface area contributed by atoms with Gasteiger partial charge in [0.2, 0.25) is 17.7 Å². The molecule has 0 saturated heterocycles. The summed E-state index contributed by atoms with van der Waals surface area (Å²) in [7, 11) is 3.31. The zero-order chi connectivity index (χ0) is 21.7. The van der Waals surface area contributed by atoms with Crippen molar-refractivity contribution >= 4 is 51.8 Å². The van der Waals surface area contributed by atoms with Crippen LogP contribution in [0.15, 0.2) is 53.4 Å². The van der Waals surface area contributed by atoms with Crippen molar-refractivity contribution in [3.05, 3.63) is 48.5 Å². The third-order valence-electron chi connectivity index (χ3n) is 4.36. The molecule has 0 bridgehead atoms. The Morgan fingerprint density at radius 3 is 2.53 bits per heavy atom. The molecule has 2 aromatic carbocycles. The van der Waals surface area contributed by atoms with E-state index in [9.17, 15) is 19.2 Å². The minimum absolute atomic E-state index is 0.0419. The summed E-state index contributed by atoms with van der Waals surface area (Å²) in [4.78, 5) is 52.4. The van der Waals surface area contributed by atoms with E-state index in [0.29, 0.717) is 22.0 Å². The van der Waals surface area contributed by atoms with E-state index in [4.69, 9.17) is 0 Å². The lowest BCUT2D eigenvalue weighted by atomic mass is 10.1. The third-order valence-corrected chi connectivity index (χ3v) is 5.48. The van der Waals surface area contributed by atoms with Crippen LogP contribution in [0.2, 0.25) is 0 Å². The van der Waals surface area contributed by atoms with Crippen molar-refractivity contribution in [2.75, 3.05) is 36.2 Å². The monoisotopic (exact) mass is 426 g/mol. The van der Waals surface area contributed by atoms with E-state index in [0.717, 1.165) is 11.8 Å². The highest BCUT2D eigenvalue weighted by atomic mass is 32.2. The highest BCUT2D eigenvalue weighted by Gasteiger charge is 2.26. The maximum absolute atomic E-state index is 12.7. The number of hydrogen-bond donors (Lipinski definition) is 2. The minimum atomic E-state index is -0.344. The van der Waals surface area contributed by atoms with Gasteiger partial charge in [-0.1, -0.05) is 24.3 Å². The lowest BCUT2D eigenvalue weighted by molar-refractivity contribution is -0.124. The number of carbonyl (C=O) groups is 4. The van der Waals surface area contributed by atoms with Crippen molar-refractivity contribution in [1.82, 2.24) is 4.90 Å². The SMILES string of the molecule is CN(C)C(=O)Sc1ccccc1NC(=O)CCC(=O)N1CC(=O)Nc2ccccc21. The molecule has 1 aliphatic rings. The van der Waals surface area contributed by atoms with Crippen LogP contribution < -0.4 is 15.5 Å². The molecule has 1 aliphatic heterocycles. The van der Waals surface area contributed by atoms with Crippen LogP contribution in [-0.2, 0) is 14.4 Å². The summed E-state index contributed by atoms with van der Waals surface area (Å²) < 4.78 is 0. The predicted octanol–water partition coefficient (Wildman–Crippen LogP) is 3.16. The number of carbonyl (C=O) groups excluding carboxylic acids is 4. The zero-order valence-corrected chi connectivity index (χ0v) is 17.5. The van der Waals surface area contributed by atoms with Gasteiger partial charge in [-0.05, 0) is 36.0 Å². The van der Waals surface area contributed by atoms with Crippen LogP contribution in [0.4, 0.5) is 21.9 Å². The summed E-state index contributed by atoms with van der Waals surface area (Å²) in [5.74, 6) is -0.927. The molecule has 2 N–H and O–H groups in total. The molecule has 0 radical (unpaired) electrons. The number of benzene rings is 2. The molecule has 0 atom stereocenters. The first-order valence-electron chi connectivity index (χ1n) is 9.32. The highest BCUT2D eigenvalue weighted by molar-refractivity contribution is 8.13. The molecule has 0 spiro atoms. The van der Waals surface area contributed by atoms with Gasteiger partial charge in [-0.25, -0.2) is 0 Å². The summed E-state index contributed by atoms with van der Waals surface area (Å²) in [6.07, 6.45) is -0.0842. The van der Waals surface area contributed by atoms with Crippen LogP contribution in [-0.4, -0.2) is 48.5 Å². The number of nitrogens with one attached hydrogen (secondary N) is 2. The van der Waals surface area contributed by atoms with Crippen molar-refractivity contribution in [3.63, 3.8) is 0 Å². The Hall–Kier alpha value is -3.33. The molecule has 3 rings (SSSR count). The van der Waals surface area contributed by atoms with E-state index >= 15 is 0 Å². The Morgan fingerprint density at radius 1 is 1.07 bits per heavy atom. The van der Waals surface area contributed by atoms with Crippen LogP contribution >= 0.6 is 11.8 Å². The molecule has 0 aliphatic carbocycles. The van der Waals surface area contributed by atoms with E-state index in [1.807, 2.05) is 0 Å². The van der Waals surface area contributed by atoms with Gasteiger partial charge in [-0.15, -0.1) is 0 Å². The molecule has 0 fully saturated rings. The fourth-order valence-corrected chi connectivity index (χ4v) is 3.61. The van der Waals surface area contributed by atoms with Crippen molar-refractivity contribution in [3.8, 4) is 0 Å². The van der Waals surface area contributed by atoms with Crippen molar-refractivity contribution in [2.45, 2.75) is 17.7 Å². The third kappa shape index (κ3) is 5.18. The molecule has 1 heterocycles. The number of nitrogens with zero attached hydrogens (tertiary/aromatic N) is 2. The van der Waals surface area contributed by atoms with E-state index < -0.39 is 0 Å². The molecule has 0 aromatic heterocycles. The first-order valence-corrected chi connectivity index (χ1v) is 10.1. The number of fused-ring (bicyclic) bond motifs is 1. The van der Waals surface area contributed by atoms with Gasteiger partial charge < -0.3 is 20.4 Å². The summed E-state index contributed by atoms with van der Waals surface area (Å²) >= 11 is 1.01. The standard InChI is InChI=1S/C21H22N4O4S/c1-24(2)21(29)30-17-10-6-4-8-15(17)23-18(26)11-12-20(28)25-13-19(27)22-14-7-3-5-9-16(14)25/h3-10H,11-13H2,1-2H3,(H,22,27)(H,23,26). The second kappa shape index (κ2) is 9.45. The van der Waals surface area contributed by atoms with Crippen LogP contribution in [0.5, 0.6) is 0 Å². The molecular formula is C21H22N4O4S. The van der Waals surface area contributed by atoms with Gasteiger partial charge in [-0.2, -0.15) is 0 Å². The average molecular weight is 426 g/mol. The van der Waals surface area contributed by atoms with E-state index in [2.05, 4.69) is 10.6 Å². The number of para-hydroxylation sites is 3. The van der Waals surface area contributed by atoms with E-state index in [1.54, 1.807) is 62.6 Å². The first-order chi connectivity index (χ1) is 14.3. The van der Waals surface area contributed by atoms with Crippen molar-refractivity contribution in [2.24, 2.45) is 0 Å². The zero-order valence-electron chi connectivity index (χ0n) is 16.7. The van der Waals surface area contributed by atoms with Crippen LogP contribution in [0.1, 0.15) is 12.8 Å². The number of hydrogen-bond acceptors (Lipinski definition) is 5. The average Bonchev–Trinajstić information content (AvgIpc) is 2.72. The summed E-state index contributed by atoms with van der Waals surface area (Å²) in [6.45, 7) is -0.0798. The Balaban J connectivity index is 1.61. The van der Waals surface area contributed by atoms with Gasteiger partial charge in [0.05, 0.1) is 17.1 Å². The molecule has 156 valence electrons. The molecule has 0 unspecified atom stereocenters. The normalized spacial score (nSPS) is 12.6. The topological polar surface area (TPSA) is 98.8 Å². The number of anilines is 3. The quantitative estimate of drug-likeness (QED) is 0.716. The minimum Gasteiger partial charge on any atom is -0.339 e. The lowest BCUT2D eigenvalue weighted by Crippen LogP contribution is -2.42. The van der Waals surface area contributed by atoms with Crippen molar-refractivity contribution < 1.29 is 19.2 Å². The van der Waals surface area contributed by atoms with Crippen LogP contribution in [0.3, 0.4) is 0 Å². The fourth-order valence-electron chi connectivity index (χ4n) is 2.87. The lowest BCUT2D eigenvalue weighted by Gasteiger charge is -2.29. The molecule has 30 heavy (non-hydrogen) atoms. The molecule has 4 amide bonds. The van der Waals surface area contributed by atoms with Gasteiger partial charge in [0, 0.05) is 31.8 Å². The summed E-state index contributed by atoms with van der Waals surface area (Å²) in [5.41, 5.74) is 1.70. The fraction of sp³-hybridized carbons (Fsp3) is 0.238. The summed E-state index contributed by atoms with van der Waals surface area (Å²) in [6, 6.07) is 14.0. The van der Waals surface area contributed by atoms with Gasteiger partial charge in [-0.3, -0.25) is 19.2 Å². The Labute approximate surface area is 178 Å². The molecule has 8 nitrogen and oxygen atoms in total. The van der Waals surface area contributed by atoms with Gasteiger partial charge >= 0.3 is 0 Å². The first kappa shape index (κ1) is 21.4. The number of amides is 4. The van der Waals surface area contributed by atoms with Gasteiger partial charge in [0.25, 0.3) is 5.24 Å². The smallest absolute Gasteiger partial charge is 0.286 e. The predicted molar refractivity (Wildman–Crippen MR) is 117 cm³/mol. The maximum Gasteiger partial charge on any atom is 0.286 e. The highest BCUT2D eigenvalue weighted by Crippen LogP contribution is 2.30. The molecule has 9 heteroatoms. The Morgan fingerprint density at radius 2 is 1.77 bits per heavy atom. The second-order valence-electron chi connectivity index (χ2n) is 6.85. The Bertz CT molecular complexity index is 992. The molecule has 0 saturated carbocycles. The number of rotatable bonds is 5. The van der Waals surface area contributed by atoms with E-state index in [-0.39, 0.29) is 42.3 Å². The van der Waals surface area contributed by atoms with Crippen LogP contribution in [0.25, 0.3) is 0 Å². The summed E-state index contributed by atoms with van der Waals surface area (Å²) in [5, 5.41) is 5.33. The largest absolute Gasteiger partial charge is 0.339 e. The van der Waals surface area contributed by atoms with Crippen molar-refractivity contribution in [1.29, 1.82) is 0 Å². The van der Waals surface area contributed by atoms with Crippen LogP contribution in [0, 0.1) is 0 Å². The molecule has 2 aromatic rings. The number of thioether (sulfide) groups is 1. The molecular weight excluding hydrogens is 404 g/mol. The van der Waals surface area contributed by atoms with Gasteiger partial charge in [0.15, 0.2) is 0 Å².